The lowest BCUT2D eigenvalue weighted by Crippen LogP contribution is -1.97. The molecular formula is C42H27N3S. The lowest BCUT2D eigenvalue weighted by Gasteiger charge is -2.15. The summed E-state index contributed by atoms with van der Waals surface area (Å²) >= 11 is 1.84. The van der Waals surface area contributed by atoms with Gasteiger partial charge in [0.15, 0.2) is 0 Å². The lowest BCUT2D eigenvalue weighted by atomic mass is 9.93. The first-order valence-electron chi connectivity index (χ1n) is 15.4. The molecule has 0 unspecified atom stereocenters. The third-order valence-corrected chi connectivity index (χ3v) is 9.92. The highest BCUT2D eigenvalue weighted by molar-refractivity contribution is 7.99. The average Bonchev–Trinajstić information content (AvgIpc) is 3.44. The summed E-state index contributed by atoms with van der Waals surface area (Å²) in [5, 5.41) is 2.27. The van der Waals surface area contributed by atoms with Crippen molar-refractivity contribution in [3.63, 3.8) is 0 Å². The summed E-state index contributed by atoms with van der Waals surface area (Å²) < 4.78 is 2.15. The van der Waals surface area contributed by atoms with Gasteiger partial charge in [-0.3, -0.25) is 4.57 Å². The highest BCUT2D eigenvalue weighted by atomic mass is 32.2. The van der Waals surface area contributed by atoms with Gasteiger partial charge in [0.1, 0.15) is 11.5 Å². The molecule has 1 aliphatic heterocycles. The van der Waals surface area contributed by atoms with Gasteiger partial charge in [0, 0.05) is 33.0 Å². The molecule has 0 radical (unpaired) electrons. The lowest BCUT2D eigenvalue weighted by molar-refractivity contribution is 1.06. The van der Waals surface area contributed by atoms with Crippen molar-refractivity contribution in [1.29, 1.82) is 0 Å². The predicted octanol–water partition coefficient (Wildman–Crippen LogP) is 11.2. The van der Waals surface area contributed by atoms with Gasteiger partial charge in [0.05, 0.1) is 5.52 Å². The number of rotatable bonds is 2. The van der Waals surface area contributed by atoms with Crippen LogP contribution in [-0.4, -0.2) is 14.5 Å². The van der Waals surface area contributed by atoms with Gasteiger partial charge in [-0.2, -0.15) is 0 Å². The molecule has 0 N–H and O–H groups in total. The van der Waals surface area contributed by atoms with E-state index in [2.05, 4.69) is 137 Å². The van der Waals surface area contributed by atoms with E-state index in [0.29, 0.717) is 0 Å². The molecule has 9 rings (SSSR count). The Morgan fingerprint density at radius 3 is 1.91 bits per heavy atom. The minimum atomic E-state index is 0.863. The molecule has 0 spiro atoms. The fourth-order valence-electron chi connectivity index (χ4n) is 6.60. The van der Waals surface area contributed by atoms with Gasteiger partial charge < -0.3 is 0 Å². The van der Waals surface area contributed by atoms with E-state index in [1.165, 1.54) is 54.3 Å². The molecule has 3 nitrogen and oxygen atoms in total. The standard InChI is InChI=1S/C42H27N3S/c1-2-11-32-28(10-1)18-19-29-20-21-30(26-36(29)34-13-4-6-16-40(34)46-39-15-5-3-12-33(32)39)31-22-23-38-37(27-31)35-14-9-25-44-42(35)45(38)41-17-7-8-24-43-41/h1-27H/b19-18-. The molecule has 1 aliphatic rings. The van der Waals surface area contributed by atoms with Gasteiger partial charge in [-0.15, -0.1) is 0 Å². The summed E-state index contributed by atoms with van der Waals surface area (Å²) in [6, 6.07) is 49.9. The minimum Gasteiger partial charge on any atom is -0.278 e. The molecule has 3 aromatic heterocycles. The Bertz CT molecular complexity index is 2460. The second-order valence-electron chi connectivity index (χ2n) is 11.4. The van der Waals surface area contributed by atoms with Gasteiger partial charge in [-0.1, -0.05) is 109 Å². The molecule has 5 aromatic carbocycles. The molecule has 0 saturated heterocycles. The Morgan fingerprint density at radius 2 is 1.11 bits per heavy atom. The SMILES string of the molecule is C1=C\c2ccc(-c3ccc4c(c3)c3cccnc3n4-c3ccccn3)cc2-c2ccccc2Sc2ccccc2-c2ccccc2/1. The van der Waals surface area contributed by atoms with Crippen LogP contribution in [0.1, 0.15) is 11.1 Å². The zero-order valence-corrected chi connectivity index (χ0v) is 25.7. The third-order valence-electron chi connectivity index (χ3n) is 8.77. The maximum absolute atomic E-state index is 4.77. The maximum atomic E-state index is 4.77. The smallest absolute Gasteiger partial charge is 0.146 e. The van der Waals surface area contributed by atoms with Crippen molar-refractivity contribution in [1.82, 2.24) is 14.5 Å². The van der Waals surface area contributed by atoms with Crippen molar-refractivity contribution in [3.8, 4) is 39.2 Å². The second-order valence-corrected chi connectivity index (χ2v) is 12.5. The monoisotopic (exact) mass is 605 g/mol. The quantitative estimate of drug-likeness (QED) is 0.196. The number of nitrogens with zero attached hydrogens (tertiary/aromatic N) is 3. The van der Waals surface area contributed by atoms with Gasteiger partial charge in [0.2, 0.25) is 0 Å². The van der Waals surface area contributed by atoms with Gasteiger partial charge >= 0.3 is 0 Å². The predicted molar refractivity (Wildman–Crippen MR) is 192 cm³/mol. The Morgan fingerprint density at radius 1 is 0.457 bits per heavy atom. The molecule has 216 valence electrons. The van der Waals surface area contributed by atoms with E-state index in [0.717, 1.165) is 27.8 Å². The number of benzene rings is 5. The number of aromatic nitrogens is 3. The topological polar surface area (TPSA) is 30.7 Å². The van der Waals surface area contributed by atoms with Crippen LogP contribution in [0.5, 0.6) is 0 Å². The van der Waals surface area contributed by atoms with E-state index in [9.17, 15) is 0 Å². The zero-order valence-electron chi connectivity index (χ0n) is 24.8. The summed E-state index contributed by atoms with van der Waals surface area (Å²) in [4.78, 5) is 11.9. The Labute approximate surface area is 271 Å². The number of pyridine rings is 2. The summed E-state index contributed by atoms with van der Waals surface area (Å²) in [6.45, 7) is 0. The average molecular weight is 606 g/mol. The van der Waals surface area contributed by atoms with E-state index in [1.807, 2.05) is 48.4 Å². The van der Waals surface area contributed by atoms with Crippen molar-refractivity contribution in [2.75, 3.05) is 0 Å². The van der Waals surface area contributed by atoms with Crippen molar-refractivity contribution in [2.45, 2.75) is 9.79 Å². The van der Waals surface area contributed by atoms with Crippen LogP contribution in [0.2, 0.25) is 0 Å². The summed E-state index contributed by atoms with van der Waals surface area (Å²) in [7, 11) is 0. The van der Waals surface area contributed by atoms with Crippen molar-refractivity contribution < 1.29 is 0 Å². The van der Waals surface area contributed by atoms with Crippen LogP contribution >= 0.6 is 11.8 Å². The van der Waals surface area contributed by atoms with E-state index in [1.54, 1.807) is 0 Å². The molecule has 0 atom stereocenters. The highest BCUT2D eigenvalue weighted by Gasteiger charge is 2.18. The number of fused-ring (bicyclic) bond motifs is 9. The van der Waals surface area contributed by atoms with Crippen LogP contribution in [0.4, 0.5) is 0 Å². The highest BCUT2D eigenvalue weighted by Crippen LogP contribution is 2.44. The molecular weight excluding hydrogens is 579 g/mol. The van der Waals surface area contributed by atoms with E-state index in [4.69, 9.17) is 4.98 Å². The van der Waals surface area contributed by atoms with E-state index in [-0.39, 0.29) is 0 Å². The first-order chi connectivity index (χ1) is 22.8. The molecule has 0 aliphatic carbocycles. The molecule has 46 heavy (non-hydrogen) atoms. The Kier molecular flexibility index (Phi) is 6.39. The number of hydrogen-bond acceptors (Lipinski definition) is 3. The summed E-state index contributed by atoms with van der Waals surface area (Å²) in [5.74, 6) is 0.863. The molecule has 0 bridgehead atoms. The van der Waals surface area contributed by atoms with Crippen molar-refractivity contribution >= 4 is 45.9 Å². The Hall–Kier alpha value is -5.71. The summed E-state index contributed by atoms with van der Waals surface area (Å²) in [5.41, 5.74) is 11.7. The molecule has 4 heterocycles. The summed E-state index contributed by atoms with van der Waals surface area (Å²) in [6.07, 6.45) is 8.21. The first-order valence-corrected chi connectivity index (χ1v) is 16.2. The fourth-order valence-corrected chi connectivity index (χ4v) is 7.71. The van der Waals surface area contributed by atoms with Gasteiger partial charge in [-0.05, 0) is 99.1 Å². The fraction of sp³-hybridized carbons (Fsp3) is 0. The van der Waals surface area contributed by atoms with E-state index < -0.39 is 0 Å². The van der Waals surface area contributed by atoms with Crippen LogP contribution in [0.25, 0.3) is 73.3 Å². The molecule has 0 saturated carbocycles. The molecule has 8 aromatic rings. The minimum absolute atomic E-state index is 0.863. The Balaban J connectivity index is 1.24. The number of hydrogen-bond donors (Lipinski definition) is 0. The molecule has 4 heteroatoms. The normalized spacial score (nSPS) is 12.9. The van der Waals surface area contributed by atoms with Crippen LogP contribution < -0.4 is 0 Å². The van der Waals surface area contributed by atoms with Gasteiger partial charge in [-0.25, -0.2) is 9.97 Å². The van der Waals surface area contributed by atoms with Gasteiger partial charge in [0.25, 0.3) is 0 Å². The molecule has 0 amide bonds. The van der Waals surface area contributed by atoms with Crippen LogP contribution in [0.15, 0.2) is 162 Å². The third kappa shape index (κ3) is 4.46. The maximum Gasteiger partial charge on any atom is 0.146 e. The van der Waals surface area contributed by atoms with Crippen molar-refractivity contribution in [2.24, 2.45) is 0 Å². The van der Waals surface area contributed by atoms with Crippen LogP contribution in [0.3, 0.4) is 0 Å². The van der Waals surface area contributed by atoms with Crippen LogP contribution in [0, 0.1) is 0 Å². The first kappa shape index (κ1) is 26.7. The zero-order chi connectivity index (χ0) is 30.5. The van der Waals surface area contributed by atoms with Crippen molar-refractivity contribution in [3.05, 3.63) is 163 Å². The molecule has 0 fully saturated rings. The van der Waals surface area contributed by atoms with E-state index >= 15 is 0 Å². The largest absolute Gasteiger partial charge is 0.278 e. The van der Waals surface area contributed by atoms with Crippen LogP contribution in [-0.2, 0) is 0 Å². The second kappa shape index (κ2) is 11.0.